The number of para-hydroxylation sites is 1. The molecule has 0 N–H and O–H groups in total. The standard InChI is InChI=1S/C32H32N/c1-19-13-24(6)31(25(7)14-19)32-27-15-20(2)22(4)17-29(27)33(26-11-9-8-10-12-26)30-18-23(5)21(3)16-28(30)32/h8-18H,1-7H3/q+1. The fourth-order valence-corrected chi connectivity index (χ4v) is 5.35. The lowest BCUT2D eigenvalue weighted by molar-refractivity contribution is -0.538. The van der Waals surface area contributed by atoms with Crippen LogP contribution in [0.4, 0.5) is 0 Å². The van der Waals surface area contributed by atoms with Gasteiger partial charge in [0.1, 0.15) is 0 Å². The Morgan fingerprint density at radius 1 is 0.455 bits per heavy atom. The second-order valence-electron chi connectivity index (χ2n) is 9.73. The molecule has 0 aliphatic carbocycles. The summed E-state index contributed by atoms with van der Waals surface area (Å²) in [6, 6.07) is 24.9. The number of hydrogen-bond acceptors (Lipinski definition) is 0. The Kier molecular flexibility index (Phi) is 5.09. The third kappa shape index (κ3) is 3.43. The predicted molar refractivity (Wildman–Crippen MR) is 142 cm³/mol. The van der Waals surface area contributed by atoms with E-state index in [0.717, 1.165) is 0 Å². The molecule has 0 amide bonds. The maximum absolute atomic E-state index is 2.45. The Morgan fingerprint density at radius 2 is 0.909 bits per heavy atom. The van der Waals surface area contributed by atoms with Gasteiger partial charge in [0.25, 0.3) is 0 Å². The highest BCUT2D eigenvalue weighted by atomic mass is 15.0. The highest BCUT2D eigenvalue weighted by molar-refractivity contribution is 6.09. The second-order valence-corrected chi connectivity index (χ2v) is 9.73. The Balaban J connectivity index is 2.11. The summed E-state index contributed by atoms with van der Waals surface area (Å²) in [5.41, 5.74) is 15.7. The zero-order valence-corrected chi connectivity index (χ0v) is 20.8. The molecule has 0 spiro atoms. The Morgan fingerprint density at radius 3 is 1.39 bits per heavy atom. The minimum absolute atomic E-state index is 1.20. The number of pyridine rings is 1. The Hall–Kier alpha value is -3.45. The van der Waals surface area contributed by atoms with Gasteiger partial charge in [-0.2, -0.15) is 4.57 Å². The molecule has 0 aliphatic heterocycles. The van der Waals surface area contributed by atoms with E-state index in [0.29, 0.717) is 0 Å². The minimum atomic E-state index is 1.20. The number of hydrogen-bond donors (Lipinski definition) is 0. The van der Waals surface area contributed by atoms with E-state index in [-0.39, 0.29) is 0 Å². The monoisotopic (exact) mass is 430 g/mol. The molecule has 0 atom stereocenters. The summed E-state index contributed by atoms with van der Waals surface area (Å²) in [5.74, 6) is 0. The van der Waals surface area contributed by atoms with E-state index in [9.17, 15) is 0 Å². The molecule has 1 aromatic heterocycles. The smallest absolute Gasteiger partial charge is 0.153 e. The molecule has 1 heteroatoms. The van der Waals surface area contributed by atoms with Crippen LogP contribution in [0, 0.1) is 48.5 Å². The van der Waals surface area contributed by atoms with Crippen molar-refractivity contribution in [2.24, 2.45) is 0 Å². The molecule has 0 saturated carbocycles. The normalized spacial score (nSPS) is 11.5. The van der Waals surface area contributed by atoms with Gasteiger partial charge in [0, 0.05) is 29.8 Å². The molecule has 5 rings (SSSR count). The molecule has 33 heavy (non-hydrogen) atoms. The first kappa shape index (κ1) is 21.4. The topological polar surface area (TPSA) is 3.88 Å². The van der Waals surface area contributed by atoms with Crippen molar-refractivity contribution < 1.29 is 4.57 Å². The van der Waals surface area contributed by atoms with Gasteiger partial charge in [-0.15, -0.1) is 0 Å². The summed E-state index contributed by atoms with van der Waals surface area (Å²) in [5, 5.41) is 2.63. The molecule has 0 unspecified atom stereocenters. The summed E-state index contributed by atoms with van der Waals surface area (Å²) >= 11 is 0. The summed E-state index contributed by atoms with van der Waals surface area (Å²) in [6.45, 7) is 15.6. The molecule has 0 radical (unpaired) electrons. The first-order valence-electron chi connectivity index (χ1n) is 11.8. The third-order valence-electron chi connectivity index (χ3n) is 7.19. The van der Waals surface area contributed by atoms with Gasteiger partial charge < -0.3 is 0 Å². The highest BCUT2D eigenvalue weighted by Gasteiger charge is 2.26. The van der Waals surface area contributed by atoms with Crippen LogP contribution in [0.5, 0.6) is 0 Å². The van der Waals surface area contributed by atoms with Crippen LogP contribution in [0.1, 0.15) is 38.9 Å². The van der Waals surface area contributed by atoms with E-state index >= 15 is 0 Å². The SMILES string of the molecule is Cc1cc(C)c(-c2c3cc(C)c(C)cc3[n+](-c3ccccc3)c3cc(C)c(C)cc23)c(C)c1. The highest BCUT2D eigenvalue weighted by Crippen LogP contribution is 2.40. The van der Waals surface area contributed by atoms with E-state index in [1.165, 1.54) is 77.6 Å². The van der Waals surface area contributed by atoms with E-state index in [1.807, 2.05) is 0 Å². The Labute approximate surface area is 197 Å². The van der Waals surface area contributed by atoms with Gasteiger partial charge in [-0.1, -0.05) is 35.9 Å². The van der Waals surface area contributed by atoms with Gasteiger partial charge in [-0.25, -0.2) is 0 Å². The molecule has 0 bridgehead atoms. The molecule has 164 valence electrons. The summed E-state index contributed by atoms with van der Waals surface area (Å²) in [6.07, 6.45) is 0. The van der Waals surface area contributed by atoms with Crippen LogP contribution in [-0.4, -0.2) is 0 Å². The summed E-state index contributed by atoms with van der Waals surface area (Å²) in [4.78, 5) is 0. The van der Waals surface area contributed by atoms with Crippen molar-refractivity contribution in [3.05, 3.63) is 106 Å². The number of aryl methyl sites for hydroxylation is 7. The zero-order valence-electron chi connectivity index (χ0n) is 20.8. The van der Waals surface area contributed by atoms with Gasteiger partial charge >= 0.3 is 0 Å². The van der Waals surface area contributed by atoms with Crippen molar-refractivity contribution in [2.45, 2.75) is 48.5 Å². The van der Waals surface area contributed by atoms with Crippen LogP contribution in [0.3, 0.4) is 0 Å². The first-order chi connectivity index (χ1) is 15.8. The zero-order chi connectivity index (χ0) is 23.4. The molecule has 1 nitrogen and oxygen atoms in total. The first-order valence-corrected chi connectivity index (χ1v) is 11.8. The van der Waals surface area contributed by atoms with Crippen LogP contribution >= 0.6 is 0 Å². The largest absolute Gasteiger partial charge is 0.219 e. The number of nitrogens with zero attached hydrogens (tertiary/aromatic N) is 1. The molecule has 0 aliphatic rings. The Bertz CT molecular complexity index is 1460. The molecular formula is C32H32N+. The number of rotatable bonds is 2. The van der Waals surface area contributed by atoms with Gasteiger partial charge in [0.15, 0.2) is 0 Å². The van der Waals surface area contributed by atoms with Crippen molar-refractivity contribution >= 4 is 21.8 Å². The van der Waals surface area contributed by atoms with Crippen molar-refractivity contribution in [1.29, 1.82) is 0 Å². The fourth-order valence-electron chi connectivity index (χ4n) is 5.35. The van der Waals surface area contributed by atoms with Crippen LogP contribution < -0.4 is 4.57 Å². The average Bonchev–Trinajstić information content (AvgIpc) is 2.76. The van der Waals surface area contributed by atoms with Crippen molar-refractivity contribution in [1.82, 2.24) is 0 Å². The number of aromatic nitrogens is 1. The van der Waals surface area contributed by atoms with Crippen molar-refractivity contribution in [3.8, 4) is 16.8 Å². The number of fused-ring (bicyclic) bond motifs is 2. The lowest BCUT2D eigenvalue weighted by Crippen LogP contribution is -2.33. The molecule has 4 aromatic carbocycles. The van der Waals surface area contributed by atoms with E-state index in [4.69, 9.17) is 0 Å². The van der Waals surface area contributed by atoms with E-state index in [2.05, 4.69) is 120 Å². The van der Waals surface area contributed by atoms with Crippen molar-refractivity contribution in [3.63, 3.8) is 0 Å². The maximum Gasteiger partial charge on any atom is 0.219 e. The fraction of sp³-hybridized carbons (Fsp3) is 0.219. The molecule has 0 fully saturated rings. The third-order valence-corrected chi connectivity index (χ3v) is 7.19. The molecule has 5 aromatic rings. The molecule has 1 heterocycles. The van der Waals surface area contributed by atoms with Gasteiger partial charge in [0.05, 0.1) is 10.8 Å². The van der Waals surface area contributed by atoms with Crippen molar-refractivity contribution in [2.75, 3.05) is 0 Å². The van der Waals surface area contributed by atoms with Crippen LogP contribution in [0.15, 0.2) is 66.7 Å². The second kappa shape index (κ2) is 7.85. The van der Waals surface area contributed by atoms with Gasteiger partial charge in [0.2, 0.25) is 16.7 Å². The summed E-state index contributed by atoms with van der Waals surface area (Å²) < 4.78 is 2.45. The van der Waals surface area contributed by atoms with E-state index < -0.39 is 0 Å². The lowest BCUT2D eigenvalue weighted by Gasteiger charge is -2.18. The lowest BCUT2D eigenvalue weighted by atomic mass is 9.87. The average molecular weight is 431 g/mol. The molecule has 0 saturated heterocycles. The van der Waals surface area contributed by atoms with E-state index in [1.54, 1.807) is 0 Å². The summed E-state index contributed by atoms with van der Waals surface area (Å²) in [7, 11) is 0. The quantitative estimate of drug-likeness (QED) is 0.197. The van der Waals surface area contributed by atoms with Crippen LogP contribution in [0.2, 0.25) is 0 Å². The molecular weight excluding hydrogens is 398 g/mol. The minimum Gasteiger partial charge on any atom is -0.153 e. The van der Waals surface area contributed by atoms with Crippen LogP contribution in [-0.2, 0) is 0 Å². The van der Waals surface area contributed by atoms with Crippen LogP contribution in [0.25, 0.3) is 38.6 Å². The van der Waals surface area contributed by atoms with Gasteiger partial charge in [-0.3, -0.25) is 0 Å². The maximum atomic E-state index is 2.45. The van der Waals surface area contributed by atoms with Gasteiger partial charge in [-0.05, 0) is 99.5 Å². The number of benzene rings is 4. The predicted octanol–water partition coefficient (Wildman–Crippen LogP) is 8.10.